The Labute approximate surface area is 139 Å². The van der Waals surface area contributed by atoms with Crippen molar-refractivity contribution < 1.29 is 18.3 Å². The van der Waals surface area contributed by atoms with Crippen LogP contribution < -0.4 is 5.32 Å². The molecule has 0 bridgehead atoms. The predicted molar refractivity (Wildman–Crippen MR) is 93.1 cm³/mol. The number of aromatic hydroxyl groups is 1. The summed E-state index contributed by atoms with van der Waals surface area (Å²) in [5, 5.41) is 14.4. The third kappa shape index (κ3) is 3.09. The summed E-state index contributed by atoms with van der Waals surface area (Å²) in [5.74, 6) is -0.552. The highest BCUT2D eigenvalue weighted by atomic mass is 32.2. The number of anilines is 1. The van der Waals surface area contributed by atoms with Crippen LogP contribution in [0.15, 0.2) is 65.6 Å². The first kappa shape index (κ1) is 16.0. The molecular formula is C18H15NO4S. The van der Waals surface area contributed by atoms with Gasteiger partial charge in [-0.1, -0.05) is 30.3 Å². The zero-order chi connectivity index (χ0) is 17.3. The van der Waals surface area contributed by atoms with E-state index >= 15 is 0 Å². The van der Waals surface area contributed by atoms with Crippen molar-refractivity contribution in [2.75, 3.05) is 11.6 Å². The van der Waals surface area contributed by atoms with Crippen LogP contribution in [0.5, 0.6) is 5.75 Å². The lowest BCUT2D eigenvalue weighted by Crippen LogP contribution is -2.12. The van der Waals surface area contributed by atoms with Gasteiger partial charge in [-0.15, -0.1) is 0 Å². The molecule has 2 N–H and O–H groups in total. The summed E-state index contributed by atoms with van der Waals surface area (Å²) >= 11 is 0. The fraction of sp³-hybridized carbons (Fsp3) is 0.0556. The Hall–Kier alpha value is -2.86. The standard InChI is InChI=1S/C18H15NO4S/c1-24(22,23)14-9-7-13(8-10-14)19-18(21)16-11-6-12-4-2-3-5-15(12)17(16)20/h2-11,20H,1H3,(H,19,21). The lowest BCUT2D eigenvalue weighted by molar-refractivity contribution is 0.102. The summed E-state index contributed by atoms with van der Waals surface area (Å²) in [6.07, 6.45) is 1.12. The molecule has 1 amide bonds. The van der Waals surface area contributed by atoms with Crippen molar-refractivity contribution in [3.63, 3.8) is 0 Å². The number of fused-ring (bicyclic) bond motifs is 1. The van der Waals surface area contributed by atoms with Crippen LogP contribution in [0.25, 0.3) is 10.8 Å². The Morgan fingerprint density at radius 1 is 0.958 bits per heavy atom. The Morgan fingerprint density at radius 3 is 2.29 bits per heavy atom. The second-order valence-corrected chi connectivity index (χ2v) is 7.45. The number of carbonyl (C=O) groups excluding carboxylic acids is 1. The van der Waals surface area contributed by atoms with Crippen LogP contribution in [0.1, 0.15) is 10.4 Å². The molecule has 3 aromatic carbocycles. The molecule has 0 unspecified atom stereocenters. The number of benzene rings is 3. The summed E-state index contributed by atoms with van der Waals surface area (Å²) in [5.41, 5.74) is 0.598. The second-order valence-electron chi connectivity index (χ2n) is 5.43. The van der Waals surface area contributed by atoms with Crippen molar-refractivity contribution in [2.24, 2.45) is 0 Å². The van der Waals surface area contributed by atoms with Crippen molar-refractivity contribution in [3.8, 4) is 5.75 Å². The predicted octanol–water partition coefficient (Wildman–Crippen LogP) is 3.20. The van der Waals surface area contributed by atoms with Gasteiger partial charge in [0.1, 0.15) is 5.75 Å². The van der Waals surface area contributed by atoms with Crippen LogP contribution >= 0.6 is 0 Å². The molecule has 0 saturated carbocycles. The molecule has 122 valence electrons. The number of phenols is 1. The molecule has 6 heteroatoms. The molecule has 0 fully saturated rings. The van der Waals surface area contributed by atoms with E-state index in [2.05, 4.69) is 5.32 Å². The van der Waals surface area contributed by atoms with Gasteiger partial charge in [0.15, 0.2) is 9.84 Å². The molecule has 0 radical (unpaired) electrons. The molecule has 0 spiro atoms. The van der Waals surface area contributed by atoms with Gasteiger partial charge in [0.05, 0.1) is 10.5 Å². The zero-order valence-corrected chi connectivity index (χ0v) is 13.7. The van der Waals surface area contributed by atoms with Gasteiger partial charge in [-0.25, -0.2) is 8.42 Å². The van der Waals surface area contributed by atoms with Crippen LogP contribution in [-0.2, 0) is 9.84 Å². The molecule has 3 aromatic rings. The number of carbonyl (C=O) groups is 1. The fourth-order valence-corrected chi connectivity index (χ4v) is 3.05. The van der Waals surface area contributed by atoms with Crippen molar-refractivity contribution in [2.45, 2.75) is 4.90 Å². The summed E-state index contributed by atoms with van der Waals surface area (Å²) in [6, 6.07) is 16.4. The quantitative estimate of drug-likeness (QED) is 0.766. The van der Waals surface area contributed by atoms with Crippen molar-refractivity contribution in [1.82, 2.24) is 0 Å². The van der Waals surface area contributed by atoms with Crippen molar-refractivity contribution in [1.29, 1.82) is 0 Å². The zero-order valence-electron chi connectivity index (χ0n) is 12.9. The lowest BCUT2D eigenvalue weighted by atomic mass is 10.0. The maximum absolute atomic E-state index is 12.4. The van der Waals surface area contributed by atoms with Crippen LogP contribution in [0.4, 0.5) is 5.69 Å². The summed E-state index contributed by atoms with van der Waals surface area (Å²) in [7, 11) is -3.28. The molecule has 0 aromatic heterocycles. The van der Waals surface area contributed by atoms with Gasteiger partial charge in [0, 0.05) is 17.3 Å². The van der Waals surface area contributed by atoms with Crippen LogP contribution in [0.2, 0.25) is 0 Å². The van der Waals surface area contributed by atoms with Gasteiger partial charge in [0.2, 0.25) is 0 Å². The molecule has 5 nitrogen and oxygen atoms in total. The minimum absolute atomic E-state index is 0.0849. The van der Waals surface area contributed by atoms with Gasteiger partial charge in [-0.05, 0) is 35.7 Å². The number of hydrogen-bond acceptors (Lipinski definition) is 4. The summed E-state index contributed by atoms with van der Waals surface area (Å²) in [4.78, 5) is 12.5. The Morgan fingerprint density at radius 2 is 1.62 bits per heavy atom. The molecule has 0 atom stereocenters. The molecule has 0 aliphatic heterocycles. The minimum Gasteiger partial charge on any atom is -0.506 e. The SMILES string of the molecule is CS(=O)(=O)c1ccc(NC(=O)c2ccc3ccccc3c2O)cc1. The van der Waals surface area contributed by atoms with Crippen LogP contribution in [0, 0.1) is 0 Å². The number of rotatable bonds is 3. The van der Waals surface area contributed by atoms with E-state index in [9.17, 15) is 18.3 Å². The third-order valence-electron chi connectivity index (χ3n) is 3.69. The number of amides is 1. The van der Waals surface area contributed by atoms with E-state index in [1.54, 1.807) is 24.3 Å². The Bertz CT molecular complexity index is 1020. The van der Waals surface area contributed by atoms with E-state index in [1.165, 1.54) is 24.3 Å². The number of nitrogens with one attached hydrogen (secondary N) is 1. The van der Waals surface area contributed by atoms with Gasteiger partial charge in [0.25, 0.3) is 5.91 Å². The maximum Gasteiger partial charge on any atom is 0.259 e. The van der Waals surface area contributed by atoms with E-state index in [1.807, 2.05) is 12.1 Å². The molecule has 0 aliphatic rings. The van der Waals surface area contributed by atoms with E-state index < -0.39 is 15.7 Å². The van der Waals surface area contributed by atoms with Crippen molar-refractivity contribution in [3.05, 3.63) is 66.2 Å². The number of hydrogen-bond donors (Lipinski definition) is 2. The van der Waals surface area contributed by atoms with Gasteiger partial charge < -0.3 is 10.4 Å². The van der Waals surface area contributed by atoms with E-state index in [-0.39, 0.29) is 16.2 Å². The summed E-state index contributed by atoms with van der Waals surface area (Å²) in [6.45, 7) is 0. The molecular weight excluding hydrogens is 326 g/mol. The number of phenolic OH excluding ortho intramolecular Hbond substituents is 1. The minimum atomic E-state index is -3.28. The Kier molecular flexibility index (Phi) is 3.99. The average molecular weight is 341 g/mol. The largest absolute Gasteiger partial charge is 0.506 e. The second kappa shape index (κ2) is 5.98. The normalized spacial score (nSPS) is 11.4. The molecule has 0 saturated heterocycles. The fourth-order valence-electron chi connectivity index (χ4n) is 2.42. The van der Waals surface area contributed by atoms with Crippen molar-refractivity contribution >= 4 is 32.2 Å². The molecule has 24 heavy (non-hydrogen) atoms. The molecule has 3 rings (SSSR count). The first-order valence-electron chi connectivity index (χ1n) is 7.18. The van der Waals surface area contributed by atoms with Gasteiger partial charge in [-0.2, -0.15) is 0 Å². The first-order valence-corrected chi connectivity index (χ1v) is 9.07. The summed E-state index contributed by atoms with van der Waals surface area (Å²) < 4.78 is 22.9. The topological polar surface area (TPSA) is 83.5 Å². The van der Waals surface area contributed by atoms with E-state index in [0.717, 1.165) is 11.6 Å². The van der Waals surface area contributed by atoms with Gasteiger partial charge in [-0.3, -0.25) is 4.79 Å². The smallest absolute Gasteiger partial charge is 0.259 e. The average Bonchev–Trinajstić information content (AvgIpc) is 2.55. The molecule has 0 aliphatic carbocycles. The highest BCUT2D eigenvalue weighted by Gasteiger charge is 2.14. The third-order valence-corrected chi connectivity index (χ3v) is 4.81. The van der Waals surface area contributed by atoms with E-state index in [0.29, 0.717) is 11.1 Å². The van der Waals surface area contributed by atoms with Gasteiger partial charge >= 0.3 is 0 Å². The van der Waals surface area contributed by atoms with Crippen LogP contribution in [-0.4, -0.2) is 25.7 Å². The monoisotopic (exact) mass is 341 g/mol. The Balaban J connectivity index is 1.89. The highest BCUT2D eigenvalue weighted by molar-refractivity contribution is 7.90. The maximum atomic E-state index is 12.4. The number of sulfone groups is 1. The first-order chi connectivity index (χ1) is 11.4. The molecule has 0 heterocycles. The highest BCUT2D eigenvalue weighted by Crippen LogP contribution is 2.29. The van der Waals surface area contributed by atoms with E-state index in [4.69, 9.17) is 0 Å². The lowest BCUT2D eigenvalue weighted by Gasteiger charge is -2.09. The van der Waals surface area contributed by atoms with Crippen LogP contribution in [0.3, 0.4) is 0 Å².